The van der Waals surface area contributed by atoms with Gasteiger partial charge in [0.05, 0.1) is 6.20 Å². The summed E-state index contributed by atoms with van der Waals surface area (Å²) in [5.41, 5.74) is 0.420. The molecule has 0 aliphatic carbocycles. The summed E-state index contributed by atoms with van der Waals surface area (Å²) in [6.07, 6.45) is 6.63. The first-order valence-electron chi connectivity index (χ1n) is 5.53. The van der Waals surface area contributed by atoms with Gasteiger partial charge in [-0.25, -0.2) is 4.98 Å². The standard InChI is InChI=1S/C11H16N4O.ClH/c1-15(9-2-4-12-5-3-9)11(16)10-8-13-6-7-14-10;/h6-9,12H,2-5H2,1H3;1H. The highest BCUT2D eigenvalue weighted by molar-refractivity contribution is 5.91. The number of hydrogen-bond donors (Lipinski definition) is 1. The molecule has 1 aromatic rings. The lowest BCUT2D eigenvalue weighted by Gasteiger charge is -2.31. The van der Waals surface area contributed by atoms with E-state index in [0.717, 1.165) is 25.9 Å². The van der Waals surface area contributed by atoms with Gasteiger partial charge in [-0.05, 0) is 25.9 Å². The van der Waals surface area contributed by atoms with Crippen LogP contribution in [0.5, 0.6) is 0 Å². The molecule has 94 valence electrons. The van der Waals surface area contributed by atoms with Gasteiger partial charge in [-0.2, -0.15) is 0 Å². The maximum atomic E-state index is 12.0. The van der Waals surface area contributed by atoms with E-state index in [1.165, 1.54) is 6.20 Å². The summed E-state index contributed by atoms with van der Waals surface area (Å²) in [6.45, 7) is 1.95. The van der Waals surface area contributed by atoms with Crippen molar-refractivity contribution in [3.63, 3.8) is 0 Å². The van der Waals surface area contributed by atoms with Crippen LogP contribution in [0.3, 0.4) is 0 Å². The van der Waals surface area contributed by atoms with Crippen molar-refractivity contribution >= 4 is 18.3 Å². The summed E-state index contributed by atoms with van der Waals surface area (Å²) in [7, 11) is 1.84. The summed E-state index contributed by atoms with van der Waals surface area (Å²) >= 11 is 0. The van der Waals surface area contributed by atoms with Crippen LogP contribution in [0.4, 0.5) is 0 Å². The first-order valence-corrected chi connectivity index (χ1v) is 5.53. The SMILES string of the molecule is CN(C(=O)c1cnccn1)C1CCNCC1.Cl. The summed E-state index contributed by atoms with van der Waals surface area (Å²) in [5.74, 6) is -0.0417. The maximum absolute atomic E-state index is 12.0. The molecule has 0 aromatic carbocycles. The van der Waals surface area contributed by atoms with Gasteiger partial charge in [-0.15, -0.1) is 12.4 Å². The minimum absolute atomic E-state index is 0. The Balaban J connectivity index is 0.00000144. The second kappa shape index (κ2) is 6.51. The van der Waals surface area contributed by atoms with E-state index >= 15 is 0 Å². The Labute approximate surface area is 107 Å². The van der Waals surface area contributed by atoms with E-state index in [9.17, 15) is 4.79 Å². The summed E-state index contributed by atoms with van der Waals surface area (Å²) in [4.78, 5) is 21.8. The van der Waals surface area contributed by atoms with Gasteiger partial charge in [0.2, 0.25) is 0 Å². The molecule has 1 aliphatic rings. The Kier molecular flexibility index (Phi) is 5.31. The van der Waals surface area contributed by atoms with Crippen LogP contribution in [0.1, 0.15) is 23.3 Å². The molecule has 0 bridgehead atoms. The number of carbonyl (C=O) groups is 1. The molecule has 1 amide bonds. The molecule has 1 saturated heterocycles. The molecule has 1 N–H and O–H groups in total. The zero-order chi connectivity index (χ0) is 11.4. The predicted molar refractivity (Wildman–Crippen MR) is 67.3 cm³/mol. The molecule has 0 spiro atoms. The smallest absolute Gasteiger partial charge is 0.274 e. The summed E-state index contributed by atoms with van der Waals surface area (Å²) in [5, 5.41) is 3.28. The second-order valence-corrected chi connectivity index (χ2v) is 3.99. The fourth-order valence-electron chi connectivity index (χ4n) is 1.95. The van der Waals surface area contributed by atoms with Gasteiger partial charge < -0.3 is 10.2 Å². The highest BCUT2D eigenvalue weighted by atomic mass is 35.5. The Morgan fingerprint density at radius 1 is 1.41 bits per heavy atom. The average Bonchev–Trinajstić information content (AvgIpc) is 2.39. The molecule has 2 heterocycles. The minimum atomic E-state index is -0.0417. The van der Waals surface area contributed by atoms with E-state index in [2.05, 4.69) is 15.3 Å². The number of rotatable bonds is 2. The number of halogens is 1. The third-order valence-corrected chi connectivity index (χ3v) is 2.96. The third-order valence-electron chi connectivity index (χ3n) is 2.96. The van der Waals surface area contributed by atoms with Gasteiger partial charge in [0, 0.05) is 25.5 Å². The zero-order valence-electron chi connectivity index (χ0n) is 9.80. The molecule has 5 nitrogen and oxygen atoms in total. The van der Waals surface area contributed by atoms with Crippen molar-refractivity contribution in [2.24, 2.45) is 0 Å². The van der Waals surface area contributed by atoms with Crippen LogP contribution in [0, 0.1) is 0 Å². The van der Waals surface area contributed by atoms with Crippen LogP contribution < -0.4 is 5.32 Å². The molecular weight excluding hydrogens is 240 g/mol. The van der Waals surface area contributed by atoms with Gasteiger partial charge in [0.25, 0.3) is 5.91 Å². The van der Waals surface area contributed by atoms with Crippen molar-refractivity contribution in [2.75, 3.05) is 20.1 Å². The Bertz CT molecular complexity index is 354. The topological polar surface area (TPSA) is 58.1 Å². The number of carbonyl (C=O) groups excluding carboxylic acids is 1. The van der Waals surface area contributed by atoms with Crippen LogP contribution in [-0.4, -0.2) is 47.0 Å². The van der Waals surface area contributed by atoms with Crippen molar-refractivity contribution in [3.8, 4) is 0 Å². The molecule has 0 unspecified atom stereocenters. The van der Waals surface area contributed by atoms with Crippen molar-refractivity contribution < 1.29 is 4.79 Å². The molecular formula is C11H17ClN4O. The number of hydrogen-bond acceptors (Lipinski definition) is 4. The van der Waals surface area contributed by atoms with Crippen LogP contribution in [0.25, 0.3) is 0 Å². The van der Waals surface area contributed by atoms with Gasteiger partial charge in [0.1, 0.15) is 5.69 Å². The number of amides is 1. The fourth-order valence-corrected chi connectivity index (χ4v) is 1.95. The molecule has 17 heavy (non-hydrogen) atoms. The number of piperidine rings is 1. The summed E-state index contributed by atoms with van der Waals surface area (Å²) in [6, 6.07) is 0.316. The van der Waals surface area contributed by atoms with E-state index < -0.39 is 0 Å². The Morgan fingerprint density at radius 2 is 2.12 bits per heavy atom. The fraction of sp³-hybridized carbons (Fsp3) is 0.545. The highest BCUT2D eigenvalue weighted by Crippen LogP contribution is 2.12. The highest BCUT2D eigenvalue weighted by Gasteiger charge is 2.23. The van der Waals surface area contributed by atoms with Crippen molar-refractivity contribution in [1.29, 1.82) is 0 Å². The van der Waals surface area contributed by atoms with Gasteiger partial charge >= 0.3 is 0 Å². The van der Waals surface area contributed by atoms with Crippen molar-refractivity contribution in [3.05, 3.63) is 24.3 Å². The summed E-state index contributed by atoms with van der Waals surface area (Å²) < 4.78 is 0. The molecule has 0 radical (unpaired) electrons. The van der Waals surface area contributed by atoms with E-state index in [0.29, 0.717) is 11.7 Å². The predicted octanol–water partition coefficient (Wildman–Crippen LogP) is 0.722. The van der Waals surface area contributed by atoms with Crippen molar-refractivity contribution in [1.82, 2.24) is 20.2 Å². The number of aromatic nitrogens is 2. The van der Waals surface area contributed by atoms with Crippen LogP contribution in [0.15, 0.2) is 18.6 Å². The third kappa shape index (κ3) is 3.38. The molecule has 1 fully saturated rings. The zero-order valence-corrected chi connectivity index (χ0v) is 10.6. The minimum Gasteiger partial charge on any atom is -0.337 e. The second-order valence-electron chi connectivity index (χ2n) is 3.99. The first-order chi connectivity index (χ1) is 7.79. The molecule has 0 atom stereocenters. The molecule has 0 saturated carbocycles. The number of nitrogens with one attached hydrogen (secondary N) is 1. The largest absolute Gasteiger partial charge is 0.337 e. The lowest BCUT2D eigenvalue weighted by molar-refractivity contribution is 0.0697. The van der Waals surface area contributed by atoms with Crippen LogP contribution in [-0.2, 0) is 0 Å². The lowest BCUT2D eigenvalue weighted by Crippen LogP contribution is -2.44. The Morgan fingerprint density at radius 3 is 2.71 bits per heavy atom. The monoisotopic (exact) mass is 256 g/mol. The van der Waals surface area contributed by atoms with E-state index in [4.69, 9.17) is 0 Å². The molecule has 1 aliphatic heterocycles. The van der Waals surface area contributed by atoms with Gasteiger partial charge in [-0.1, -0.05) is 0 Å². The van der Waals surface area contributed by atoms with Crippen LogP contribution in [0.2, 0.25) is 0 Å². The average molecular weight is 257 g/mol. The van der Waals surface area contributed by atoms with Crippen molar-refractivity contribution in [2.45, 2.75) is 18.9 Å². The molecule has 6 heteroatoms. The first kappa shape index (κ1) is 13.9. The normalized spacial score (nSPS) is 16.1. The quantitative estimate of drug-likeness (QED) is 0.847. The number of nitrogens with zero attached hydrogens (tertiary/aromatic N) is 3. The molecule has 2 rings (SSSR count). The molecule has 1 aromatic heterocycles. The van der Waals surface area contributed by atoms with Gasteiger partial charge in [-0.3, -0.25) is 9.78 Å². The van der Waals surface area contributed by atoms with E-state index in [1.54, 1.807) is 17.3 Å². The van der Waals surface area contributed by atoms with E-state index in [1.807, 2.05) is 7.05 Å². The van der Waals surface area contributed by atoms with Crippen LogP contribution >= 0.6 is 12.4 Å². The van der Waals surface area contributed by atoms with E-state index in [-0.39, 0.29) is 18.3 Å². The van der Waals surface area contributed by atoms with Gasteiger partial charge in [0.15, 0.2) is 0 Å². The maximum Gasteiger partial charge on any atom is 0.274 e. The lowest BCUT2D eigenvalue weighted by atomic mass is 10.1. The Hall–Kier alpha value is -1.20.